The normalized spacial score (nSPS) is 13.2. The lowest BCUT2D eigenvalue weighted by atomic mass is 10.1. The number of para-hydroxylation sites is 1. The molecule has 0 saturated heterocycles. The van der Waals surface area contributed by atoms with Crippen molar-refractivity contribution < 1.29 is 0 Å². The van der Waals surface area contributed by atoms with Gasteiger partial charge >= 0.3 is 0 Å². The molecule has 0 spiro atoms. The van der Waals surface area contributed by atoms with Gasteiger partial charge in [0.1, 0.15) is 0 Å². The molecular weight excluding hydrogens is 488 g/mol. The molecule has 0 N–H and O–H groups in total. The maximum atomic E-state index is 4.42. The molecule has 2 aliphatic rings. The highest BCUT2D eigenvalue weighted by Crippen LogP contribution is 2.37. The van der Waals surface area contributed by atoms with Crippen molar-refractivity contribution in [1.82, 2.24) is 0 Å². The van der Waals surface area contributed by atoms with E-state index in [2.05, 4.69) is 104 Å². The predicted octanol–water partition coefficient (Wildman–Crippen LogP) is 9.68. The number of nitrogens with zero attached hydrogens (tertiary/aromatic N) is 4. The minimum Gasteiger partial charge on any atom is -0.362 e. The highest BCUT2D eigenvalue weighted by Gasteiger charge is 2.16. The second-order valence-electron chi connectivity index (χ2n) is 9.49. The molecule has 0 saturated carbocycles. The van der Waals surface area contributed by atoms with Crippen LogP contribution in [0.4, 0.5) is 34.1 Å². The number of hydrogen-bond acceptors (Lipinski definition) is 4. The summed E-state index contributed by atoms with van der Waals surface area (Å²) < 4.78 is 0. The molecule has 4 aromatic rings. The Bertz CT molecular complexity index is 1660. The Labute approximate surface area is 235 Å². The van der Waals surface area contributed by atoms with E-state index in [0.29, 0.717) is 0 Å². The summed E-state index contributed by atoms with van der Waals surface area (Å²) in [6.45, 7) is 1.53. The summed E-state index contributed by atoms with van der Waals surface area (Å²) in [7, 11) is 0. The van der Waals surface area contributed by atoms with Crippen molar-refractivity contribution in [3.63, 3.8) is 0 Å². The van der Waals surface area contributed by atoms with Gasteiger partial charge in [0.2, 0.25) is 0 Å². The molecule has 4 nitrogen and oxygen atoms in total. The lowest BCUT2D eigenvalue weighted by Crippen LogP contribution is -2.27. The number of rotatable bonds is 10. The van der Waals surface area contributed by atoms with E-state index in [1.54, 1.807) is 0 Å². The number of azo groups is 1. The average Bonchev–Trinajstić information content (AvgIpc) is 3.73. The summed E-state index contributed by atoms with van der Waals surface area (Å²) in [5.41, 5.74) is 15.0. The van der Waals surface area contributed by atoms with Crippen molar-refractivity contribution in [2.24, 2.45) is 10.2 Å². The summed E-state index contributed by atoms with van der Waals surface area (Å²) in [5.74, 6) is 0. The van der Waals surface area contributed by atoms with Crippen molar-refractivity contribution in [3.8, 4) is 0 Å². The van der Waals surface area contributed by atoms with Gasteiger partial charge in [0, 0.05) is 33.9 Å². The maximum absolute atomic E-state index is 4.42. The van der Waals surface area contributed by atoms with Crippen LogP contribution in [0.1, 0.15) is 0 Å². The van der Waals surface area contributed by atoms with Crippen LogP contribution < -0.4 is 9.80 Å². The van der Waals surface area contributed by atoms with Gasteiger partial charge in [-0.15, -0.1) is 11.5 Å². The van der Waals surface area contributed by atoms with E-state index in [0.717, 1.165) is 58.4 Å². The summed E-state index contributed by atoms with van der Waals surface area (Å²) >= 11 is 0. The van der Waals surface area contributed by atoms with Crippen LogP contribution in [0.5, 0.6) is 0 Å². The Balaban J connectivity index is 1.33. The topological polar surface area (TPSA) is 31.2 Å². The number of benzene rings is 4. The van der Waals surface area contributed by atoms with Crippen LogP contribution in [-0.2, 0) is 0 Å². The number of hydrogen-bond donors (Lipinski definition) is 0. The second kappa shape index (κ2) is 12.0. The molecular formula is C36H28N4. The van der Waals surface area contributed by atoms with E-state index in [4.69, 9.17) is 0 Å². The number of allylic oxidation sites excluding steroid dienone is 2. The van der Waals surface area contributed by atoms with Crippen molar-refractivity contribution in [3.05, 3.63) is 168 Å². The molecule has 6 rings (SSSR count). The van der Waals surface area contributed by atoms with Crippen LogP contribution in [0, 0.1) is 0 Å². The average molecular weight is 517 g/mol. The first-order chi connectivity index (χ1) is 19.8. The summed E-state index contributed by atoms with van der Waals surface area (Å²) in [4.78, 5) is 4.64. The molecule has 0 heterocycles. The fourth-order valence-corrected chi connectivity index (χ4v) is 4.71. The monoisotopic (exact) mass is 516 g/mol. The van der Waals surface area contributed by atoms with Crippen LogP contribution in [0.3, 0.4) is 0 Å². The van der Waals surface area contributed by atoms with Gasteiger partial charge in [0.05, 0.1) is 24.5 Å². The Morgan fingerprint density at radius 1 is 0.500 bits per heavy atom. The lowest BCUT2D eigenvalue weighted by Gasteiger charge is -2.29. The van der Waals surface area contributed by atoms with Gasteiger partial charge in [-0.25, -0.2) is 0 Å². The molecule has 192 valence electrons. The zero-order valence-corrected chi connectivity index (χ0v) is 22.1. The van der Waals surface area contributed by atoms with E-state index in [9.17, 15) is 0 Å². The van der Waals surface area contributed by atoms with Gasteiger partial charge in [-0.3, -0.25) is 0 Å². The summed E-state index contributed by atoms with van der Waals surface area (Å²) in [6, 6.07) is 37.1. The molecule has 0 aliphatic heterocycles. The molecule has 0 unspecified atom stereocenters. The maximum Gasteiger partial charge on any atom is 0.0858 e. The van der Waals surface area contributed by atoms with E-state index < -0.39 is 0 Å². The highest BCUT2D eigenvalue weighted by molar-refractivity contribution is 5.79. The van der Waals surface area contributed by atoms with Crippen molar-refractivity contribution in [2.75, 3.05) is 22.9 Å². The third-order valence-electron chi connectivity index (χ3n) is 6.66. The molecule has 0 atom stereocenters. The quantitative estimate of drug-likeness (QED) is 0.155. The fourth-order valence-electron chi connectivity index (χ4n) is 4.71. The van der Waals surface area contributed by atoms with Crippen molar-refractivity contribution in [2.45, 2.75) is 0 Å². The molecule has 0 fully saturated rings. The first kappa shape index (κ1) is 24.9. The predicted molar refractivity (Wildman–Crippen MR) is 165 cm³/mol. The van der Waals surface area contributed by atoms with Gasteiger partial charge in [0.25, 0.3) is 0 Å². The molecule has 0 radical (unpaired) electrons. The zero-order chi connectivity index (χ0) is 27.0. The minimum atomic E-state index is 0.766. The fraction of sp³-hybridized carbons (Fsp3) is 0.0556. The third kappa shape index (κ3) is 6.01. The Morgan fingerprint density at radius 3 is 1.62 bits per heavy atom. The van der Waals surface area contributed by atoms with Gasteiger partial charge in [-0.2, -0.15) is 10.2 Å². The number of anilines is 4. The van der Waals surface area contributed by atoms with Crippen LogP contribution in [-0.4, -0.2) is 13.1 Å². The third-order valence-corrected chi connectivity index (χ3v) is 6.66. The summed E-state index contributed by atoms with van der Waals surface area (Å²) in [6.07, 6.45) is 12.3. The lowest BCUT2D eigenvalue weighted by molar-refractivity contribution is 0.918. The molecule has 0 bridgehead atoms. The Kier molecular flexibility index (Phi) is 7.46. The highest BCUT2D eigenvalue weighted by atomic mass is 15.2. The molecule has 4 aromatic carbocycles. The molecule has 0 amide bonds. The Hall–Kier alpha value is -5.40. The van der Waals surface area contributed by atoms with Gasteiger partial charge in [-0.05, 0) is 91.0 Å². The SMILES string of the molecule is C1=CC=CC=1CN(CC1=C=CC=C1)c1cccc(N(c2ccccc2)c2ccc(N=Nc3ccccc3)cc2)c1. The van der Waals surface area contributed by atoms with E-state index in [1.165, 1.54) is 0 Å². The van der Waals surface area contributed by atoms with E-state index >= 15 is 0 Å². The van der Waals surface area contributed by atoms with Gasteiger partial charge in [0.15, 0.2) is 0 Å². The first-order valence-corrected chi connectivity index (χ1v) is 13.3. The van der Waals surface area contributed by atoms with Crippen LogP contribution in [0.25, 0.3) is 0 Å². The molecule has 4 heteroatoms. The largest absolute Gasteiger partial charge is 0.362 e. The Morgan fingerprint density at radius 2 is 1.02 bits per heavy atom. The minimum absolute atomic E-state index is 0.766. The van der Waals surface area contributed by atoms with Crippen molar-refractivity contribution >= 4 is 34.1 Å². The van der Waals surface area contributed by atoms with Crippen LogP contribution >= 0.6 is 0 Å². The van der Waals surface area contributed by atoms with Gasteiger partial charge in [-0.1, -0.05) is 54.6 Å². The van der Waals surface area contributed by atoms with Crippen molar-refractivity contribution in [1.29, 1.82) is 0 Å². The smallest absolute Gasteiger partial charge is 0.0858 e. The summed E-state index contributed by atoms with van der Waals surface area (Å²) in [5, 5.41) is 8.78. The van der Waals surface area contributed by atoms with Crippen LogP contribution in [0.15, 0.2) is 178 Å². The zero-order valence-electron chi connectivity index (χ0n) is 22.1. The van der Waals surface area contributed by atoms with E-state index in [1.807, 2.05) is 72.8 Å². The first-order valence-electron chi connectivity index (χ1n) is 13.3. The molecule has 40 heavy (non-hydrogen) atoms. The standard InChI is InChI=1S/C36H28N4/c1-3-16-31(17-4-1)37-38-32-22-24-34(25-23-32)40(33-18-5-2-6-19-33)36-21-11-20-35(26-36)39(27-29-12-7-8-13-29)28-30-14-9-10-15-30/h1-12,14,16-26H,27-28H2. The molecule has 2 aliphatic carbocycles. The van der Waals surface area contributed by atoms with Crippen LogP contribution in [0.2, 0.25) is 0 Å². The second-order valence-corrected chi connectivity index (χ2v) is 9.49. The molecule has 0 aromatic heterocycles. The van der Waals surface area contributed by atoms with Gasteiger partial charge < -0.3 is 9.80 Å². The van der Waals surface area contributed by atoms with E-state index in [-0.39, 0.29) is 0 Å².